The Labute approximate surface area is 262 Å². The van der Waals surface area contributed by atoms with Gasteiger partial charge in [0.25, 0.3) is 0 Å². The second kappa shape index (κ2) is 15.1. The van der Waals surface area contributed by atoms with Gasteiger partial charge in [-0.2, -0.15) is 17.5 Å². The number of halogens is 3. The Kier molecular flexibility index (Phi) is 11.7. The number of nitrogens with zero attached hydrogens (tertiary/aromatic N) is 1. The minimum Gasteiger partial charge on any atom is -0.491 e. The molecule has 9 nitrogen and oxygen atoms in total. The lowest BCUT2D eigenvalue weighted by molar-refractivity contribution is -0.130. The Morgan fingerprint density at radius 1 is 1.11 bits per heavy atom. The van der Waals surface area contributed by atoms with E-state index in [1.165, 1.54) is 0 Å². The predicted octanol–water partition coefficient (Wildman–Crippen LogP) is 4.20. The van der Waals surface area contributed by atoms with Gasteiger partial charge in [-0.3, -0.25) is 4.79 Å². The maximum absolute atomic E-state index is 13.7. The van der Waals surface area contributed by atoms with Crippen LogP contribution in [-0.2, 0) is 26.0 Å². The fraction of sp³-hybridized carbons (Fsp3) is 0.531. The van der Waals surface area contributed by atoms with E-state index in [2.05, 4.69) is 10.6 Å². The van der Waals surface area contributed by atoms with Crippen LogP contribution in [0.2, 0.25) is 0 Å². The zero-order chi connectivity index (χ0) is 32.8. The zero-order valence-electron chi connectivity index (χ0n) is 25.7. The molecule has 2 bridgehead atoms. The highest BCUT2D eigenvalue weighted by atomic mass is 32.2. The summed E-state index contributed by atoms with van der Waals surface area (Å²) in [5, 5.41) is 17.6. The van der Waals surface area contributed by atoms with Crippen LogP contribution in [0.15, 0.2) is 60.7 Å². The number of alkyl halides is 3. The highest BCUT2D eigenvalue weighted by molar-refractivity contribution is 7.89. The lowest BCUT2D eigenvalue weighted by Crippen LogP contribution is -2.55. The van der Waals surface area contributed by atoms with Gasteiger partial charge in [0.05, 0.1) is 43.1 Å². The number of likely N-dealkylation sites (N-methyl/N-ethyl adjacent to an activating group) is 1. The van der Waals surface area contributed by atoms with Crippen LogP contribution < -0.4 is 15.4 Å². The van der Waals surface area contributed by atoms with Gasteiger partial charge in [0.2, 0.25) is 15.9 Å². The van der Waals surface area contributed by atoms with Crippen molar-refractivity contribution in [2.75, 3.05) is 26.0 Å². The Morgan fingerprint density at radius 2 is 1.84 bits per heavy atom. The molecule has 1 aliphatic heterocycles. The van der Waals surface area contributed by atoms with Gasteiger partial charge in [-0.05, 0) is 61.9 Å². The SMILES string of the molecule is CC(C)Oc1ccc2c(c1)[C@@H]1C[C@H]2OCC=CC[C@H](N(C)S(=O)(=O)CCC(F)(F)F)C(=O)N[C@@H](Cc2ccccc2)[C@H](O)CN1. The summed E-state index contributed by atoms with van der Waals surface area (Å²) < 4.78 is 77.2. The van der Waals surface area contributed by atoms with Crippen LogP contribution in [0.1, 0.15) is 61.9 Å². The summed E-state index contributed by atoms with van der Waals surface area (Å²) in [5.74, 6) is -1.19. The summed E-state index contributed by atoms with van der Waals surface area (Å²) >= 11 is 0. The first kappa shape index (κ1) is 34.9. The lowest BCUT2D eigenvalue weighted by atomic mass is 9.99. The Bertz CT molecular complexity index is 1420. The molecule has 0 saturated carbocycles. The zero-order valence-corrected chi connectivity index (χ0v) is 26.5. The molecule has 1 heterocycles. The van der Waals surface area contributed by atoms with Crippen LogP contribution in [0.3, 0.4) is 0 Å². The third-order valence-corrected chi connectivity index (χ3v) is 9.86. The molecule has 3 N–H and O–H groups in total. The number of amides is 1. The molecule has 2 aromatic carbocycles. The summed E-state index contributed by atoms with van der Waals surface area (Å²) in [7, 11) is -3.35. The van der Waals surface area contributed by atoms with Crippen LogP contribution in [0.5, 0.6) is 5.75 Å². The van der Waals surface area contributed by atoms with Crippen molar-refractivity contribution in [3.05, 3.63) is 77.4 Å². The van der Waals surface area contributed by atoms with Crippen LogP contribution in [0.4, 0.5) is 13.2 Å². The van der Waals surface area contributed by atoms with Gasteiger partial charge in [-0.15, -0.1) is 0 Å². The van der Waals surface area contributed by atoms with Gasteiger partial charge >= 0.3 is 6.18 Å². The largest absolute Gasteiger partial charge is 0.491 e. The third kappa shape index (κ3) is 9.76. The normalized spacial score (nSPS) is 25.0. The molecule has 45 heavy (non-hydrogen) atoms. The fourth-order valence-electron chi connectivity index (χ4n) is 5.62. The number of ether oxygens (including phenoxy) is 2. The summed E-state index contributed by atoms with van der Waals surface area (Å²) in [6, 6.07) is 12.7. The third-order valence-electron chi connectivity index (χ3n) is 8.01. The molecule has 0 aromatic heterocycles. The van der Waals surface area contributed by atoms with E-state index in [0.717, 1.165) is 29.5 Å². The Balaban J connectivity index is 1.63. The first-order valence-electron chi connectivity index (χ1n) is 15.1. The van der Waals surface area contributed by atoms with Crippen molar-refractivity contribution in [2.45, 2.75) is 82.1 Å². The number of nitrogens with one attached hydrogen (secondary N) is 2. The summed E-state index contributed by atoms with van der Waals surface area (Å²) in [4.78, 5) is 13.7. The molecule has 13 heteroatoms. The quantitative estimate of drug-likeness (QED) is 0.366. The summed E-state index contributed by atoms with van der Waals surface area (Å²) in [5.41, 5.74) is 2.81. The maximum atomic E-state index is 13.7. The van der Waals surface area contributed by atoms with Crippen molar-refractivity contribution >= 4 is 15.9 Å². The molecule has 0 radical (unpaired) electrons. The molecule has 0 spiro atoms. The lowest BCUT2D eigenvalue weighted by Gasteiger charge is -2.31. The van der Waals surface area contributed by atoms with Crippen LogP contribution in [-0.4, -0.2) is 80.2 Å². The molecule has 4 rings (SSSR count). The fourth-order valence-corrected chi connectivity index (χ4v) is 6.96. The molecule has 0 fully saturated rings. The van der Waals surface area contributed by atoms with Crippen molar-refractivity contribution in [3.8, 4) is 5.75 Å². The average Bonchev–Trinajstić information content (AvgIpc) is 3.31. The van der Waals surface area contributed by atoms with Crippen LogP contribution in [0, 0.1) is 0 Å². The standard InChI is InChI=1S/C32H42F3N3O6S/c1-21(2)44-23-12-13-24-25(18-23)26-19-30(24)43-15-8-7-11-28(38(3)45(41,42)16-14-32(33,34)35)31(40)37-27(29(39)20-36-26)17-22-9-5-4-6-10-22/h4-10,12-13,18,21,26-30,36,39H,11,14-17,19-20H2,1-3H3,(H,37,40)/t26-,27-,28-,29+,30+/m0/s1. The minimum atomic E-state index is -4.67. The second-order valence-electron chi connectivity index (χ2n) is 11.8. The van der Waals surface area contributed by atoms with E-state index in [9.17, 15) is 31.5 Å². The number of carbonyl (C=O) groups excluding carboxylic acids is 1. The van der Waals surface area contributed by atoms with Gasteiger partial charge in [-0.25, -0.2) is 8.42 Å². The monoisotopic (exact) mass is 653 g/mol. The first-order chi connectivity index (χ1) is 21.2. The molecular weight excluding hydrogens is 611 g/mol. The van der Waals surface area contributed by atoms with Crippen molar-refractivity contribution in [3.63, 3.8) is 0 Å². The van der Waals surface area contributed by atoms with Gasteiger partial charge in [0.15, 0.2) is 0 Å². The minimum absolute atomic E-state index is 0.00901. The van der Waals surface area contributed by atoms with Crippen molar-refractivity contribution in [1.29, 1.82) is 0 Å². The second-order valence-corrected chi connectivity index (χ2v) is 13.9. The molecular formula is C32H42F3N3O6S. The molecule has 2 aromatic rings. The van der Waals surface area contributed by atoms with E-state index in [-0.39, 0.29) is 44.2 Å². The van der Waals surface area contributed by atoms with Crippen molar-refractivity contribution in [2.24, 2.45) is 0 Å². The van der Waals surface area contributed by atoms with E-state index in [1.54, 1.807) is 12.2 Å². The van der Waals surface area contributed by atoms with Gasteiger partial charge < -0.3 is 25.2 Å². The highest BCUT2D eigenvalue weighted by Crippen LogP contribution is 2.42. The number of fused-ring (bicyclic) bond motifs is 5. The number of aliphatic hydroxyl groups excluding tert-OH is 1. The number of carbonyl (C=O) groups is 1. The number of aliphatic hydroxyl groups is 1. The number of hydrogen-bond donors (Lipinski definition) is 3. The first-order valence-corrected chi connectivity index (χ1v) is 16.7. The average molecular weight is 654 g/mol. The smallest absolute Gasteiger partial charge is 0.390 e. The Morgan fingerprint density at radius 3 is 2.53 bits per heavy atom. The summed E-state index contributed by atoms with van der Waals surface area (Å²) in [6.07, 6.45) is -3.59. The number of benzene rings is 2. The number of sulfonamides is 1. The number of hydrogen-bond acceptors (Lipinski definition) is 7. The van der Waals surface area contributed by atoms with Gasteiger partial charge in [-0.1, -0.05) is 48.6 Å². The summed E-state index contributed by atoms with van der Waals surface area (Å²) in [6.45, 7) is 4.15. The molecule has 2 aliphatic rings. The van der Waals surface area contributed by atoms with Gasteiger partial charge in [0.1, 0.15) is 11.8 Å². The van der Waals surface area contributed by atoms with Crippen molar-refractivity contribution in [1.82, 2.24) is 14.9 Å². The predicted molar refractivity (Wildman–Crippen MR) is 164 cm³/mol. The van der Waals surface area contributed by atoms with E-state index in [0.29, 0.717) is 10.7 Å². The molecule has 248 valence electrons. The van der Waals surface area contributed by atoms with Crippen LogP contribution >= 0.6 is 0 Å². The maximum Gasteiger partial charge on any atom is 0.390 e. The molecule has 5 atom stereocenters. The molecule has 1 aliphatic carbocycles. The Hall–Kier alpha value is -2.97. The van der Waals surface area contributed by atoms with E-state index < -0.39 is 52.5 Å². The van der Waals surface area contributed by atoms with E-state index in [4.69, 9.17) is 9.47 Å². The molecule has 0 saturated heterocycles. The van der Waals surface area contributed by atoms with Gasteiger partial charge in [0, 0.05) is 19.6 Å². The van der Waals surface area contributed by atoms with E-state index >= 15 is 0 Å². The van der Waals surface area contributed by atoms with Crippen LogP contribution in [0.25, 0.3) is 0 Å². The van der Waals surface area contributed by atoms with E-state index in [1.807, 2.05) is 62.4 Å². The topological polar surface area (TPSA) is 117 Å². The van der Waals surface area contributed by atoms with Crippen molar-refractivity contribution < 1.29 is 41.0 Å². The number of β-amino-alcohol motifs (C(OH)–C–C–N with tert-alkyl or cyclic N) is 1. The molecule has 0 unspecified atom stereocenters. The highest BCUT2D eigenvalue weighted by Gasteiger charge is 2.37. The molecule has 1 amide bonds. The number of rotatable bonds is 8.